The van der Waals surface area contributed by atoms with Crippen LogP contribution in [-0.4, -0.2) is 22.6 Å². The number of H-pyrrole nitrogens is 1. The van der Waals surface area contributed by atoms with E-state index in [0.29, 0.717) is 31.4 Å². The van der Waals surface area contributed by atoms with Gasteiger partial charge in [-0.3, -0.25) is 4.79 Å². The summed E-state index contributed by atoms with van der Waals surface area (Å²) >= 11 is 0. The van der Waals surface area contributed by atoms with Crippen molar-refractivity contribution in [1.82, 2.24) is 15.3 Å². The topological polar surface area (TPSA) is 67.0 Å². The van der Waals surface area contributed by atoms with E-state index in [1.165, 1.54) is 12.8 Å². The van der Waals surface area contributed by atoms with Crippen molar-refractivity contribution >= 4 is 0 Å². The Labute approximate surface area is 93.2 Å². The fourth-order valence-corrected chi connectivity index (χ4v) is 1.91. The number of hydrogen-bond donors (Lipinski definition) is 2. The number of hydrogen-bond acceptors (Lipinski definition) is 4. The molecule has 0 spiro atoms. The van der Waals surface area contributed by atoms with Gasteiger partial charge in [-0.1, -0.05) is 0 Å². The quantitative estimate of drug-likeness (QED) is 0.759. The van der Waals surface area contributed by atoms with Crippen LogP contribution in [-0.2, 0) is 24.3 Å². The van der Waals surface area contributed by atoms with Gasteiger partial charge >= 0.3 is 0 Å². The molecule has 3 rings (SSSR count). The van der Waals surface area contributed by atoms with Crippen LogP contribution in [0.4, 0.5) is 0 Å². The number of aromatic nitrogens is 2. The molecule has 1 aliphatic carbocycles. The van der Waals surface area contributed by atoms with E-state index in [1.54, 1.807) is 0 Å². The summed E-state index contributed by atoms with van der Waals surface area (Å²) in [6.07, 6.45) is 3.22. The number of aromatic amines is 1. The van der Waals surface area contributed by atoms with E-state index in [9.17, 15) is 4.79 Å². The molecule has 0 aromatic carbocycles. The summed E-state index contributed by atoms with van der Waals surface area (Å²) in [5.74, 6) is 0.748. The van der Waals surface area contributed by atoms with Gasteiger partial charge in [0, 0.05) is 12.5 Å². The van der Waals surface area contributed by atoms with Crippen LogP contribution >= 0.6 is 0 Å². The van der Waals surface area contributed by atoms with Gasteiger partial charge in [0.05, 0.1) is 31.0 Å². The Morgan fingerprint density at radius 2 is 2.38 bits per heavy atom. The molecule has 0 saturated heterocycles. The maximum Gasteiger partial charge on any atom is 0.256 e. The predicted octanol–water partition coefficient (Wildman–Crippen LogP) is 0.0946. The van der Waals surface area contributed by atoms with Gasteiger partial charge in [0.2, 0.25) is 0 Å². The second kappa shape index (κ2) is 3.99. The first-order valence-corrected chi connectivity index (χ1v) is 5.75. The van der Waals surface area contributed by atoms with Crippen LogP contribution in [0.1, 0.15) is 29.9 Å². The summed E-state index contributed by atoms with van der Waals surface area (Å²) in [5.41, 5.74) is 1.56. The summed E-state index contributed by atoms with van der Waals surface area (Å²) in [4.78, 5) is 19.0. The van der Waals surface area contributed by atoms with Crippen molar-refractivity contribution in [2.45, 2.75) is 38.5 Å². The summed E-state index contributed by atoms with van der Waals surface area (Å²) in [5, 5.41) is 3.34. The van der Waals surface area contributed by atoms with Crippen LogP contribution in [0.2, 0.25) is 0 Å². The average Bonchev–Trinajstić information content (AvgIpc) is 3.10. The third-order valence-corrected chi connectivity index (χ3v) is 3.02. The summed E-state index contributed by atoms with van der Waals surface area (Å²) in [6.45, 7) is 1.72. The lowest BCUT2D eigenvalue weighted by Crippen LogP contribution is -2.27. The smallest absolute Gasteiger partial charge is 0.256 e. The first-order chi connectivity index (χ1) is 7.83. The van der Waals surface area contributed by atoms with E-state index in [1.807, 2.05) is 0 Å². The zero-order valence-electron chi connectivity index (χ0n) is 9.08. The highest BCUT2D eigenvalue weighted by molar-refractivity contribution is 5.19. The van der Waals surface area contributed by atoms with E-state index in [2.05, 4.69) is 15.3 Å². The van der Waals surface area contributed by atoms with Crippen molar-refractivity contribution in [3.63, 3.8) is 0 Å². The summed E-state index contributed by atoms with van der Waals surface area (Å²) in [6, 6.07) is 0.629. The first kappa shape index (κ1) is 9.99. The molecule has 1 aromatic heterocycles. The minimum absolute atomic E-state index is 0.0442. The van der Waals surface area contributed by atoms with Crippen molar-refractivity contribution in [2.75, 3.05) is 6.61 Å². The van der Waals surface area contributed by atoms with E-state index < -0.39 is 0 Å². The summed E-state index contributed by atoms with van der Waals surface area (Å²) in [7, 11) is 0. The molecule has 1 fully saturated rings. The number of nitrogens with one attached hydrogen (secondary N) is 2. The average molecular weight is 221 g/mol. The highest BCUT2D eigenvalue weighted by Crippen LogP contribution is 2.19. The molecule has 5 heteroatoms. The van der Waals surface area contributed by atoms with Gasteiger partial charge in [-0.15, -0.1) is 0 Å². The van der Waals surface area contributed by atoms with Crippen LogP contribution in [0, 0.1) is 0 Å². The van der Waals surface area contributed by atoms with Crippen molar-refractivity contribution in [2.24, 2.45) is 0 Å². The molecule has 0 radical (unpaired) electrons. The minimum atomic E-state index is -0.0442. The Bertz CT molecular complexity index is 451. The maximum atomic E-state index is 11.7. The van der Waals surface area contributed by atoms with Crippen LogP contribution in [0.5, 0.6) is 0 Å². The van der Waals surface area contributed by atoms with E-state index in [4.69, 9.17) is 4.74 Å². The molecule has 1 saturated carbocycles. The predicted molar refractivity (Wildman–Crippen MR) is 58.1 cm³/mol. The van der Waals surface area contributed by atoms with E-state index >= 15 is 0 Å². The fraction of sp³-hybridized carbons (Fsp3) is 0.636. The first-order valence-electron chi connectivity index (χ1n) is 5.75. The summed E-state index contributed by atoms with van der Waals surface area (Å²) < 4.78 is 5.25. The van der Waals surface area contributed by atoms with Crippen LogP contribution in [0.25, 0.3) is 0 Å². The van der Waals surface area contributed by atoms with Gasteiger partial charge in [0.1, 0.15) is 5.82 Å². The Morgan fingerprint density at radius 1 is 1.50 bits per heavy atom. The zero-order chi connectivity index (χ0) is 11.0. The van der Waals surface area contributed by atoms with Crippen LogP contribution in [0.15, 0.2) is 4.79 Å². The molecule has 0 bridgehead atoms. The minimum Gasteiger partial charge on any atom is -0.376 e. The van der Waals surface area contributed by atoms with Gasteiger partial charge in [-0.25, -0.2) is 4.98 Å². The van der Waals surface area contributed by atoms with Crippen molar-refractivity contribution in [3.05, 3.63) is 27.4 Å². The molecule has 1 aliphatic heterocycles. The molecule has 1 aromatic rings. The number of fused-ring (bicyclic) bond motifs is 1. The lowest BCUT2D eigenvalue weighted by atomic mass is 10.1. The standard InChI is InChI=1S/C11H15N3O2/c15-11-8-6-16-4-3-9(8)13-10(14-11)5-12-7-1-2-7/h7,12H,1-6H2,(H,13,14,15). The molecule has 2 N–H and O–H groups in total. The molecule has 16 heavy (non-hydrogen) atoms. The Kier molecular flexibility index (Phi) is 2.49. The Balaban J connectivity index is 1.82. The van der Waals surface area contributed by atoms with E-state index in [0.717, 1.165) is 17.9 Å². The normalized spacial score (nSPS) is 19.5. The number of nitrogens with zero attached hydrogens (tertiary/aromatic N) is 1. The van der Waals surface area contributed by atoms with Gasteiger partial charge in [-0.05, 0) is 12.8 Å². The van der Waals surface area contributed by atoms with Gasteiger partial charge in [-0.2, -0.15) is 0 Å². The molecule has 0 amide bonds. The highest BCUT2D eigenvalue weighted by Gasteiger charge is 2.21. The fourth-order valence-electron chi connectivity index (χ4n) is 1.91. The lowest BCUT2D eigenvalue weighted by Gasteiger charge is -2.15. The third kappa shape index (κ3) is 2.01. The van der Waals surface area contributed by atoms with E-state index in [-0.39, 0.29) is 5.56 Å². The van der Waals surface area contributed by atoms with Gasteiger partial charge < -0.3 is 15.0 Å². The molecule has 0 atom stereocenters. The molecule has 86 valence electrons. The van der Waals surface area contributed by atoms with Gasteiger partial charge in [0.25, 0.3) is 5.56 Å². The number of ether oxygens (including phenoxy) is 1. The monoisotopic (exact) mass is 221 g/mol. The number of rotatable bonds is 3. The second-order valence-electron chi connectivity index (χ2n) is 4.40. The SMILES string of the molecule is O=c1[nH]c(CNC2CC2)nc2c1COCC2. The van der Waals surface area contributed by atoms with Crippen molar-refractivity contribution < 1.29 is 4.74 Å². The molecule has 2 heterocycles. The molecular weight excluding hydrogens is 206 g/mol. The van der Waals surface area contributed by atoms with Crippen LogP contribution < -0.4 is 10.9 Å². The zero-order valence-corrected chi connectivity index (χ0v) is 9.08. The lowest BCUT2D eigenvalue weighted by molar-refractivity contribution is 0.108. The van der Waals surface area contributed by atoms with Crippen molar-refractivity contribution in [3.8, 4) is 0 Å². The van der Waals surface area contributed by atoms with Gasteiger partial charge in [0.15, 0.2) is 0 Å². The molecule has 2 aliphatic rings. The Morgan fingerprint density at radius 3 is 3.19 bits per heavy atom. The molecule has 0 unspecified atom stereocenters. The van der Waals surface area contributed by atoms with Crippen LogP contribution in [0.3, 0.4) is 0 Å². The second-order valence-corrected chi connectivity index (χ2v) is 4.40. The third-order valence-electron chi connectivity index (χ3n) is 3.02. The largest absolute Gasteiger partial charge is 0.376 e. The Hall–Kier alpha value is -1.20. The molecule has 5 nitrogen and oxygen atoms in total. The van der Waals surface area contributed by atoms with Crippen molar-refractivity contribution in [1.29, 1.82) is 0 Å². The maximum absolute atomic E-state index is 11.7. The molecular formula is C11H15N3O2. The highest BCUT2D eigenvalue weighted by atomic mass is 16.5.